The first-order valence-electron chi connectivity index (χ1n) is 6.16. The summed E-state index contributed by atoms with van der Waals surface area (Å²) < 4.78 is 0. The molecule has 2 N–H and O–H groups in total. The lowest BCUT2D eigenvalue weighted by atomic mass is 10.0. The van der Waals surface area contributed by atoms with Gasteiger partial charge in [-0.2, -0.15) is 5.26 Å². The van der Waals surface area contributed by atoms with Gasteiger partial charge in [0.25, 0.3) is 0 Å². The number of rotatable bonds is 2. The van der Waals surface area contributed by atoms with Crippen molar-refractivity contribution in [3.05, 3.63) is 0 Å². The summed E-state index contributed by atoms with van der Waals surface area (Å²) in [7, 11) is 2.23. The molecule has 0 aliphatic carbocycles. The first kappa shape index (κ1) is 11.8. The monoisotopic (exact) mass is 222 g/mol. The molecule has 2 aliphatic heterocycles. The molecule has 4 heteroatoms. The summed E-state index contributed by atoms with van der Waals surface area (Å²) in [6.07, 6.45) is 3.85. The summed E-state index contributed by atoms with van der Waals surface area (Å²) in [5.41, 5.74) is 5.21. The lowest BCUT2D eigenvalue weighted by Gasteiger charge is -2.29. The molecule has 0 aromatic rings. The quantitative estimate of drug-likeness (QED) is 0.734. The number of nitrogens with zero attached hydrogens (tertiary/aromatic N) is 3. The van der Waals surface area contributed by atoms with Crippen molar-refractivity contribution < 1.29 is 0 Å². The van der Waals surface area contributed by atoms with Crippen molar-refractivity contribution in [3.8, 4) is 6.07 Å². The van der Waals surface area contributed by atoms with Gasteiger partial charge in [-0.25, -0.2) is 0 Å². The van der Waals surface area contributed by atoms with Crippen LogP contribution >= 0.6 is 0 Å². The number of nitrogens with two attached hydrogens (primary N) is 1. The zero-order chi connectivity index (χ0) is 11.8. The summed E-state index contributed by atoms with van der Waals surface area (Å²) in [5, 5.41) is 8.97. The van der Waals surface area contributed by atoms with E-state index in [0.717, 1.165) is 19.1 Å². The molecule has 3 atom stereocenters. The van der Waals surface area contributed by atoms with E-state index in [1.165, 1.54) is 19.3 Å². The maximum Gasteiger partial charge on any atom is 0.114 e. The van der Waals surface area contributed by atoms with Crippen molar-refractivity contribution in [1.29, 1.82) is 5.26 Å². The second-order valence-corrected chi connectivity index (χ2v) is 5.60. The van der Waals surface area contributed by atoms with Crippen LogP contribution in [0.5, 0.6) is 0 Å². The molecule has 4 nitrogen and oxygen atoms in total. The van der Waals surface area contributed by atoms with Gasteiger partial charge < -0.3 is 5.73 Å². The third-order valence-corrected chi connectivity index (χ3v) is 4.04. The second kappa shape index (κ2) is 4.33. The van der Waals surface area contributed by atoms with Crippen molar-refractivity contribution in [3.63, 3.8) is 0 Å². The highest BCUT2D eigenvalue weighted by Crippen LogP contribution is 2.28. The maximum absolute atomic E-state index is 8.97. The van der Waals surface area contributed by atoms with Gasteiger partial charge in [-0.3, -0.25) is 9.80 Å². The highest BCUT2D eigenvalue weighted by molar-refractivity contribution is 5.04. The smallest absolute Gasteiger partial charge is 0.114 e. The van der Waals surface area contributed by atoms with Gasteiger partial charge in [-0.15, -0.1) is 0 Å². The lowest BCUT2D eigenvalue weighted by molar-refractivity contribution is 0.203. The van der Waals surface area contributed by atoms with Gasteiger partial charge in [0, 0.05) is 25.2 Å². The molecule has 0 saturated carbocycles. The minimum atomic E-state index is -0.706. The fraction of sp³-hybridized carbons (Fsp3) is 0.917. The van der Waals surface area contributed by atoms with Crippen LogP contribution in [0.1, 0.15) is 26.2 Å². The Bertz CT molecular complexity index is 294. The van der Waals surface area contributed by atoms with Crippen molar-refractivity contribution >= 4 is 0 Å². The first-order valence-corrected chi connectivity index (χ1v) is 6.16. The predicted octanol–water partition coefficient (Wildman–Crippen LogP) is 0.396. The van der Waals surface area contributed by atoms with Crippen LogP contribution in [0.2, 0.25) is 0 Å². The SMILES string of the molecule is CN1C2CCC1CN(CC(C)(N)C#N)CC2. The Labute approximate surface area is 98.0 Å². The van der Waals surface area contributed by atoms with Crippen LogP contribution in [-0.4, -0.2) is 54.1 Å². The Kier molecular flexibility index (Phi) is 3.20. The van der Waals surface area contributed by atoms with E-state index in [4.69, 9.17) is 11.0 Å². The zero-order valence-corrected chi connectivity index (χ0v) is 10.3. The van der Waals surface area contributed by atoms with Crippen molar-refractivity contribution in [2.75, 3.05) is 26.7 Å². The Morgan fingerprint density at radius 3 is 2.75 bits per heavy atom. The molecule has 0 aromatic heterocycles. The van der Waals surface area contributed by atoms with Crippen LogP contribution in [0, 0.1) is 11.3 Å². The molecule has 2 heterocycles. The molecule has 0 spiro atoms. The summed E-state index contributed by atoms with van der Waals surface area (Å²) in [6, 6.07) is 3.61. The Balaban J connectivity index is 1.97. The highest BCUT2D eigenvalue weighted by Gasteiger charge is 2.35. The molecule has 90 valence electrons. The number of hydrogen-bond acceptors (Lipinski definition) is 4. The van der Waals surface area contributed by atoms with E-state index in [9.17, 15) is 0 Å². The second-order valence-electron chi connectivity index (χ2n) is 5.60. The van der Waals surface area contributed by atoms with E-state index in [-0.39, 0.29) is 0 Å². The van der Waals surface area contributed by atoms with Gasteiger partial charge >= 0.3 is 0 Å². The van der Waals surface area contributed by atoms with Crippen molar-refractivity contribution in [2.24, 2.45) is 5.73 Å². The normalized spacial score (nSPS) is 35.4. The summed E-state index contributed by atoms with van der Waals surface area (Å²) in [6.45, 7) is 4.67. The van der Waals surface area contributed by atoms with E-state index in [0.29, 0.717) is 12.6 Å². The van der Waals surface area contributed by atoms with E-state index < -0.39 is 5.54 Å². The fourth-order valence-electron chi connectivity index (χ4n) is 3.02. The van der Waals surface area contributed by atoms with E-state index in [1.54, 1.807) is 0 Å². The van der Waals surface area contributed by atoms with Crippen molar-refractivity contribution in [2.45, 2.75) is 43.8 Å². The molecule has 0 radical (unpaired) electrons. The molecule has 2 fully saturated rings. The van der Waals surface area contributed by atoms with Gasteiger partial charge in [-0.05, 0) is 39.8 Å². The molecule has 0 aromatic carbocycles. The minimum Gasteiger partial charge on any atom is -0.313 e. The largest absolute Gasteiger partial charge is 0.313 e. The third-order valence-electron chi connectivity index (χ3n) is 4.04. The van der Waals surface area contributed by atoms with Crippen LogP contribution in [0.3, 0.4) is 0 Å². The van der Waals surface area contributed by atoms with Crippen LogP contribution in [0.4, 0.5) is 0 Å². The number of likely N-dealkylation sites (tertiary alicyclic amines) is 1. The van der Waals surface area contributed by atoms with Gasteiger partial charge in [0.2, 0.25) is 0 Å². The minimum absolute atomic E-state index is 0.669. The number of nitriles is 1. The van der Waals surface area contributed by atoms with E-state index in [1.807, 2.05) is 6.92 Å². The van der Waals surface area contributed by atoms with Gasteiger partial charge in [0.15, 0.2) is 0 Å². The topological polar surface area (TPSA) is 56.3 Å². The van der Waals surface area contributed by atoms with Crippen LogP contribution in [-0.2, 0) is 0 Å². The Morgan fingerprint density at radius 2 is 2.06 bits per heavy atom. The molecule has 3 unspecified atom stereocenters. The highest BCUT2D eigenvalue weighted by atomic mass is 15.3. The summed E-state index contributed by atoms with van der Waals surface area (Å²) in [4.78, 5) is 4.88. The van der Waals surface area contributed by atoms with E-state index >= 15 is 0 Å². The Morgan fingerprint density at radius 1 is 1.38 bits per heavy atom. The van der Waals surface area contributed by atoms with Gasteiger partial charge in [-0.1, -0.05) is 0 Å². The molecule has 2 aliphatic rings. The first-order chi connectivity index (χ1) is 7.52. The summed E-state index contributed by atoms with van der Waals surface area (Å²) >= 11 is 0. The van der Waals surface area contributed by atoms with Gasteiger partial charge in [0.1, 0.15) is 5.54 Å². The number of fused-ring (bicyclic) bond motifs is 2. The third kappa shape index (κ3) is 2.37. The van der Waals surface area contributed by atoms with Crippen LogP contribution in [0.25, 0.3) is 0 Å². The molecular formula is C12H22N4. The molecule has 2 rings (SSSR count). The average Bonchev–Trinajstić information content (AvgIpc) is 2.47. The maximum atomic E-state index is 8.97. The van der Waals surface area contributed by atoms with Crippen molar-refractivity contribution in [1.82, 2.24) is 9.80 Å². The standard InChI is InChI=1S/C12H22N4/c1-12(14,8-13)9-16-6-5-10-3-4-11(7-16)15(10)2/h10-11H,3-7,9,14H2,1-2H3. The molecule has 0 amide bonds. The fourth-order valence-corrected chi connectivity index (χ4v) is 3.02. The Hall–Kier alpha value is -0.630. The average molecular weight is 222 g/mol. The van der Waals surface area contributed by atoms with E-state index in [2.05, 4.69) is 22.9 Å². The number of likely N-dealkylation sites (N-methyl/N-ethyl adjacent to an activating group) is 1. The molecular weight excluding hydrogens is 200 g/mol. The number of hydrogen-bond donors (Lipinski definition) is 1. The molecule has 16 heavy (non-hydrogen) atoms. The van der Waals surface area contributed by atoms with Crippen LogP contribution in [0.15, 0.2) is 0 Å². The zero-order valence-electron chi connectivity index (χ0n) is 10.3. The predicted molar refractivity (Wildman–Crippen MR) is 63.8 cm³/mol. The van der Waals surface area contributed by atoms with Gasteiger partial charge in [0.05, 0.1) is 6.07 Å². The molecule has 2 bridgehead atoms. The lowest BCUT2D eigenvalue weighted by Crippen LogP contribution is -2.49. The molecule has 2 saturated heterocycles. The van der Waals surface area contributed by atoms with Crippen LogP contribution < -0.4 is 5.73 Å². The summed E-state index contributed by atoms with van der Waals surface area (Å²) in [5.74, 6) is 0.